The van der Waals surface area contributed by atoms with Gasteiger partial charge in [0.15, 0.2) is 0 Å². The molecule has 0 spiro atoms. The third kappa shape index (κ3) is 5.70. The van der Waals surface area contributed by atoms with Crippen LogP contribution in [0.4, 0.5) is 0 Å². The van der Waals surface area contributed by atoms with Crippen LogP contribution in [0.5, 0.6) is 5.75 Å². The van der Waals surface area contributed by atoms with E-state index in [2.05, 4.69) is 24.5 Å². The highest BCUT2D eigenvalue weighted by Gasteiger charge is 2.28. The molecule has 1 heterocycles. The van der Waals surface area contributed by atoms with Crippen molar-refractivity contribution in [3.8, 4) is 5.75 Å². The zero-order valence-corrected chi connectivity index (χ0v) is 15.3. The number of ether oxygens (including phenoxy) is 1. The van der Waals surface area contributed by atoms with Gasteiger partial charge < -0.3 is 15.4 Å². The van der Waals surface area contributed by atoms with Gasteiger partial charge in [0.2, 0.25) is 5.91 Å². The smallest absolute Gasteiger partial charge is 0.225 e. The van der Waals surface area contributed by atoms with Crippen LogP contribution < -0.4 is 15.4 Å². The van der Waals surface area contributed by atoms with E-state index >= 15 is 0 Å². The Bertz CT molecular complexity index is 494. The van der Waals surface area contributed by atoms with Crippen molar-refractivity contribution in [2.75, 3.05) is 19.7 Å². The van der Waals surface area contributed by atoms with E-state index < -0.39 is 0 Å². The van der Waals surface area contributed by atoms with Crippen LogP contribution in [0.15, 0.2) is 24.3 Å². The van der Waals surface area contributed by atoms with Crippen molar-refractivity contribution in [1.29, 1.82) is 0 Å². The summed E-state index contributed by atoms with van der Waals surface area (Å²) >= 11 is 0. The fraction of sp³-hybridized carbons (Fsp3) is 0.611. The van der Waals surface area contributed by atoms with Crippen molar-refractivity contribution in [2.45, 2.75) is 39.7 Å². The number of carbonyl (C=O) groups is 1. The second-order valence-electron chi connectivity index (χ2n) is 7.03. The van der Waals surface area contributed by atoms with E-state index in [9.17, 15) is 4.79 Å². The summed E-state index contributed by atoms with van der Waals surface area (Å²) in [6.45, 7) is 10.8. The zero-order valence-electron chi connectivity index (χ0n) is 14.5. The molecule has 0 bridgehead atoms. The average Bonchev–Trinajstić information content (AvgIpc) is 2.99. The lowest BCUT2D eigenvalue weighted by Gasteiger charge is -2.28. The molecule has 130 valence electrons. The third-order valence-corrected chi connectivity index (χ3v) is 4.03. The maximum absolute atomic E-state index is 12.3. The van der Waals surface area contributed by atoms with Crippen molar-refractivity contribution in [1.82, 2.24) is 10.6 Å². The summed E-state index contributed by atoms with van der Waals surface area (Å²) in [6.07, 6.45) is 0.921. The van der Waals surface area contributed by atoms with E-state index in [0.717, 1.165) is 30.8 Å². The van der Waals surface area contributed by atoms with Gasteiger partial charge in [-0.25, -0.2) is 0 Å². The van der Waals surface area contributed by atoms with Crippen LogP contribution in [0.2, 0.25) is 0 Å². The Balaban J connectivity index is 0.00000264. The summed E-state index contributed by atoms with van der Waals surface area (Å²) < 4.78 is 5.70. The van der Waals surface area contributed by atoms with Crippen LogP contribution in [-0.2, 0) is 10.3 Å². The fourth-order valence-electron chi connectivity index (χ4n) is 2.59. The van der Waals surface area contributed by atoms with Gasteiger partial charge in [0, 0.05) is 6.54 Å². The summed E-state index contributed by atoms with van der Waals surface area (Å²) in [5.74, 6) is 1.61. The summed E-state index contributed by atoms with van der Waals surface area (Å²) in [6, 6.07) is 8.01. The first-order valence-corrected chi connectivity index (χ1v) is 8.14. The Morgan fingerprint density at radius 3 is 2.52 bits per heavy atom. The molecule has 1 aliphatic rings. The van der Waals surface area contributed by atoms with Crippen LogP contribution in [0.3, 0.4) is 0 Å². The van der Waals surface area contributed by atoms with Crippen LogP contribution in [0.25, 0.3) is 0 Å². The minimum Gasteiger partial charge on any atom is -0.493 e. The number of amides is 1. The highest BCUT2D eigenvalue weighted by atomic mass is 35.5. The Hall–Kier alpha value is -1.26. The van der Waals surface area contributed by atoms with Crippen molar-refractivity contribution in [2.24, 2.45) is 11.8 Å². The SMILES string of the molecule is CC(C)COc1ccc(C(C)(C)NC(=O)C2CCNC2)cc1.Cl. The summed E-state index contributed by atoms with van der Waals surface area (Å²) in [5, 5.41) is 6.40. The molecule has 1 aromatic rings. The molecular weight excluding hydrogens is 312 g/mol. The quantitative estimate of drug-likeness (QED) is 0.836. The highest BCUT2D eigenvalue weighted by Crippen LogP contribution is 2.24. The van der Waals surface area contributed by atoms with Crippen molar-refractivity contribution < 1.29 is 9.53 Å². The topological polar surface area (TPSA) is 50.4 Å². The maximum atomic E-state index is 12.3. The van der Waals surface area contributed by atoms with Crippen molar-refractivity contribution in [3.05, 3.63) is 29.8 Å². The predicted molar refractivity (Wildman–Crippen MR) is 96.2 cm³/mol. The normalized spacial score (nSPS) is 17.7. The minimum absolute atomic E-state index is 0. The molecule has 0 saturated carbocycles. The molecule has 1 atom stereocenters. The van der Waals surface area contributed by atoms with Gasteiger partial charge in [-0.3, -0.25) is 4.79 Å². The Labute approximate surface area is 145 Å². The van der Waals surface area contributed by atoms with E-state index in [4.69, 9.17) is 4.74 Å². The zero-order chi connectivity index (χ0) is 16.2. The second kappa shape index (κ2) is 8.55. The van der Waals surface area contributed by atoms with Crippen molar-refractivity contribution in [3.63, 3.8) is 0 Å². The molecule has 1 unspecified atom stereocenters. The van der Waals surface area contributed by atoms with E-state index in [1.807, 2.05) is 38.1 Å². The van der Waals surface area contributed by atoms with Gasteiger partial charge in [-0.2, -0.15) is 0 Å². The number of carbonyl (C=O) groups excluding carboxylic acids is 1. The van der Waals surface area contributed by atoms with E-state index in [1.54, 1.807) is 0 Å². The summed E-state index contributed by atoms with van der Waals surface area (Å²) in [5.41, 5.74) is 0.708. The molecule has 2 rings (SSSR count). The first-order chi connectivity index (χ1) is 10.4. The minimum atomic E-state index is -0.379. The third-order valence-electron chi connectivity index (χ3n) is 4.03. The Kier molecular flexibility index (Phi) is 7.36. The van der Waals surface area contributed by atoms with Gasteiger partial charge in [0.1, 0.15) is 5.75 Å². The monoisotopic (exact) mass is 340 g/mol. The number of halogens is 1. The summed E-state index contributed by atoms with van der Waals surface area (Å²) in [4.78, 5) is 12.3. The standard InChI is InChI=1S/C18H28N2O2.ClH/c1-13(2)12-22-16-7-5-15(6-8-16)18(3,4)20-17(21)14-9-10-19-11-14;/h5-8,13-14,19H,9-12H2,1-4H3,(H,20,21);1H. The fourth-order valence-corrected chi connectivity index (χ4v) is 2.59. The van der Waals surface area contributed by atoms with E-state index in [-0.39, 0.29) is 29.8 Å². The van der Waals surface area contributed by atoms with Gasteiger partial charge >= 0.3 is 0 Å². The van der Waals surface area contributed by atoms with Gasteiger partial charge in [-0.1, -0.05) is 26.0 Å². The molecule has 0 radical (unpaired) electrons. The van der Waals surface area contributed by atoms with E-state index in [1.165, 1.54) is 0 Å². The number of benzene rings is 1. The molecule has 2 N–H and O–H groups in total. The number of rotatable bonds is 6. The first kappa shape index (κ1) is 19.8. The van der Waals surface area contributed by atoms with Crippen LogP contribution in [0, 0.1) is 11.8 Å². The molecule has 0 aromatic heterocycles. The number of nitrogens with one attached hydrogen (secondary N) is 2. The van der Waals surface area contributed by atoms with Gasteiger partial charge in [-0.15, -0.1) is 12.4 Å². The summed E-state index contributed by atoms with van der Waals surface area (Å²) in [7, 11) is 0. The van der Waals surface area contributed by atoms with Crippen LogP contribution in [0.1, 0.15) is 39.7 Å². The Morgan fingerprint density at radius 1 is 1.35 bits per heavy atom. The molecule has 5 heteroatoms. The molecule has 1 saturated heterocycles. The predicted octanol–water partition coefficient (Wildman–Crippen LogP) is 3.10. The second-order valence-corrected chi connectivity index (χ2v) is 7.03. The lowest BCUT2D eigenvalue weighted by atomic mass is 9.93. The molecular formula is C18H29ClN2O2. The number of hydrogen-bond donors (Lipinski definition) is 2. The molecule has 0 aliphatic carbocycles. The average molecular weight is 341 g/mol. The van der Waals surface area contributed by atoms with Crippen LogP contribution >= 0.6 is 12.4 Å². The molecule has 4 nitrogen and oxygen atoms in total. The molecule has 23 heavy (non-hydrogen) atoms. The van der Waals surface area contributed by atoms with E-state index in [0.29, 0.717) is 12.5 Å². The molecule has 1 aliphatic heterocycles. The Morgan fingerprint density at radius 2 is 2.00 bits per heavy atom. The van der Waals surface area contributed by atoms with Crippen LogP contribution in [-0.4, -0.2) is 25.6 Å². The molecule has 1 fully saturated rings. The number of hydrogen-bond acceptors (Lipinski definition) is 3. The largest absolute Gasteiger partial charge is 0.493 e. The molecule has 1 aromatic carbocycles. The van der Waals surface area contributed by atoms with Gasteiger partial charge in [-0.05, 0) is 50.4 Å². The van der Waals surface area contributed by atoms with Gasteiger partial charge in [0.05, 0.1) is 18.1 Å². The lowest BCUT2D eigenvalue weighted by Crippen LogP contribution is -2.44. The maximum Gasteiger partial charge on any atom is 0.225 e. The first-order valence-electron chi connectivity index (χ1n) is 8.14. The van der Waals surface area contributed by atoms with Crippen molar-refractivity contribution >= 4 is 18.3 Å². The lowest BCUT2D eigenvalue weighted by molar-refractivity contribution is -0.126. The van der Waals surface area contributed by atoms with Gasteiger partial charge in [0.25, 0.3) is 0 Å². The highest BCUT2D eigenvalue weighted by molar-refractivity contribution is 5.85. The molecule has 1 amide bonds.